The van der Waals surface area contributed by atoms with E-state index in [-0.39, 0.29) is 0 Å². The van der Waals surface area contributed by atoms with Gasteiger partial charge < -0.3 is 9.97 Å². The van der Waals surface area contributed by atoms with Crippen molar-refractivity contribution < 1.29 is 0 Å². The smallest absolute Gasteiger partial charge is 0.0544 e. The lowest BCUT2D eigenvalue weighted by molar-refractivity contribution is 1.49. The molecule has 198 valence electrons. The second kappa shape index (κ2) is 9.50. The normalized spacial score (nSPS) is 11.5. The lowest BCUT2D eigenvalue weighted by Crippen LogP contribution is -1.96. The van der Waals surface area contributed by atoms with Crippen LogP contribution in [0.3, 0.4) is 0 Å². The Bertz CT molecular complexity index is 2180. The van der Waals surface area contributed by atoms with Gasteiger partial charge in [-0.05, 0) is 45.5 Å². The van der Waals surface area contributed by atoms with E-state index in [1.54, 1.807) is 0 Å². The molecule has 0 aliphatic rings. The van der Waals surface area contributed by atoms with E-state index in [4.69, 9.17) is 0 Å². The van der Waals surface area contributed by atoms with Gasteiger partial charge in [0.2, 0.25) is 0 Å². The first-order valence-electron chi connectivity index (χ1n) is 14.3. The van der Waals surface area contributed by atoms with E-state index < -0.39 is 0 Å². The van der Waals surface area contributed by atoms with Gasteiger partial charge in [-0.15, -0.1) is 0 Å². The molecule has 0 spiro atoms. The zero-order chi connectivity index (χ0) is 28.2. The van der Waals surface area contributed by atoms with E-state index in [1.807, 2.05) is 0 Å². The molecule has 2 heterocycles. The maximum atomic E-state index is 4.65. The quantitative estimate of drug-likeness (QED) is 0.219. The standard InChI is InChI=1S/C40H28N2/c1-25(29-19-11-21-35-33-17-7-9-23-37(33)41-39(29)35)27-13-3-5-15-31(27)32-16-6-4-14-28(32)26(2)30-20-12-22-36-34-18-8-10-24-38(34)42-40(30)36/h3-24,41-42H,1-2H2. The Hall–Kier alpha value is -5.60. The maximum Gasteiger partial charge on any atom is 0.0544 e. The van der Waals surface area contributed by atoms with Crippen molar-refractivity contribution in [3.8, 4) is 11.1 Å². The number of fused-ring (bicyclic) bond motifs is 6. The fraction of sp³-hybridized carbons (Fsp3) is 0. The van der Waals surface area contributed by atoms with Crippen LogP contribution in [0.5, 0.6) is 0 Å². The zero-order valence-electron chi connectivity index (χ0n) is 23.1. The number of aromatic amines is 2. The van der Waals surface area contributed by atoms with Crippen LogP contribution in [0.4, 0.5) is 0 Å². The molecule has 0 atom stereocenters. The molecule has 0 saturated heterocycles. The van der Waals surface area contributed by atoms with Gasteiger partial charge in [-0.3, -0.25) is 0 Å². The molecule has 0 saturated carbocycles. The molecule has 8 aromatic rings. The third-order valence-electron chi connectivity index (χ3n) is 8.53. The fourth-order valence-corrected chi connectivity index (χ4v) is 6.50. The first-order valence-corrected chi connectivity index (χ1v) is 14.3. The van der Waals surface area contributed by atoms with Gasteiger partial charge in [-0.25, -0.2) is 0 Å². The molecule has 0 aliphatic carbocycles. The lowest BCUT2D eigenvalue weighted by atomic mass is 9.86. The third kappa shape index (κ3) is 3.66. The summed E-state index contributed by atoms with van der Waals surface area (Å²) in [5, 5.41) is 4.87. The van der Waals surface area contributed by atoms with Crippen LogP contribution in [-0.2, 0) is 0 Å². The average molecular weight is 537 g/mol. The first kappa shape index (κ1) is 24.2. The van der Waals surface area contributed by atoms with E-state index in [0.29, 0.717) is 0 Å². The van der Waals surface area contributed by atoms with Crippen LogP contribution < -0.4 is 0 Å². The predicted octanol–water partition coefficient (Wildman–Crippen LogP) is 10.7. The Kier molecular flexibility index (Phi) is 5.48. The molecule has 2 N–H and O–H groups in total. The van der Waals surface area contributed by atoms with Crippen molar-refractivity contribution in [1.82, 2.24) is 9.97 Å². The van der Waals surface area contributed by atoms with E-state index >= 15 is 0 Å². The molecule has 2 aromatic heterocycles. The van der Waals surface area contributed by atoms with E-state index in [2.05, 4.69) is 157 Å². The monoisotopic (exact) mass is 536 g/mol. The molecule has 6 aromatic carbocycles. The van der Waals surface area contributed by atoms with Gasteiger partial charge in [0, 0.05) is 43.7 Å². The molecule has 2 nitrogen and oxygen atoms in total. The number of hydrogen-bond donors (Lipinski definition) is 2. The van der Waals surface area contributed by atoms with Gasteiger partial charge in [0.1, 0.15) is 0 Å². The van der Waals surface area contributed by atoms with Gasteiger partial charge in [-0.2, -0.15) is 0 Å². The van der Waals surface area contributed by atoms with Gasteiger partial charge in [-0.1, -0.05) is 134 Å². The van der Waals surface area contributed by atoms with E-state index in [9.17, 15) is 0 Å². The van der Waals surface area contributed by atoms with Crippen molar-refractivity contribution in [2.45, 2.75) is 0 Å². The fourth-order valence-electron chi connectivity index (χ4n) is 6.50. The van der Waals surface area contributed by atoms with Crippen molar-refractivity contribution in [2.24, 2.45) is 0 Å². The van der Waals surface area contributed by atoms with Gasteiger partial charge in [0.15, 0.2) is 0 Å². The minimum absolute atomic E-state index is 0.987. The number of para-hydroxylation sites is 4. The second-order valence-corrected chi connectivity index (χ2v) is 10.8. The lowest BCUT2D eigenvalue weighted by Gasteiger charge is -2.18. The third-order valence-corrected chi connectivity index (χ3v) is 8.53. The number of rotatable bonds is 5. The second-order valence-electron chi connectivity index (χ2n) is 10.8. The summed E-state index contributed by atoms with van der Waals surface area (Å²) in [4.78, 5) is 7.31. The summed E-state index contributed by atoms with van der Waals surface area (Å²) in [6.07, 6.45) is 0. The molecule has 0 amide bonds. The Morgan fingerprint density at radius 1 is 0.357 bits per heavy atom. The summed E-state index contributed by atoms with van der Waals surface area (Å²) in [6.45, 7) is 9.30. The molecular formula is C40H28N2. The molecule has 0 radical (unpaired) electrons. The van der Waals surface area contributed by atoms with Gasteiger partial charge in [0.05, 0.1) is 11.0 Å². The van der Waals surface area contributed by atoms with Crippen LogP contribution in [0.15, 0.2) is 147 Å². The molecule has 42 heavy (non-hydrogen) atoms. The Morgan fingerprint density at radius 2 is 0.714 bits per heavy atom. The first-order chi connectivity index (χ1) is 20.7. The molecule has 0 bridgehead atoms. The molecule has 0 aliphatic heterocycles. The molecule has 8 rings (SSSR count). The predicted molar refractivity (Wildman–Crippen MR) is 180 cm³/mol. The molecule has 2 heteroatoms. The minimum Gasteiger partial charge on any atom is -0.354 e. The highest BCUT2D eigenvalue weighted by Gasteiger charge is 2.18. The Balaban J connectivity index is 1.28. The van der Waals surface area contributed by atoms with E-state index in [1.165, 1.54) is 21.5 Å². The van der Waals surface area contributed by atoms with Crippen molar-refractivity contribution in [2.75, 3.05) is 0 Å². The van der Waals surface area contributed by atoms with Crippen LogP contribution in [-0.4, -0.2) is 9.97 Å². The van der Waals surface area contributed by atoms with Crippen LogP contribution in [0.2, 0.25) is 0 Å². The molecular weight excluding hydrogens is 508 g/mol. The summed E-state index contributed by atoms with van der Waals surface area (Å²) >= 11 is 0. The number of hydrogen-bond acceptors (Lipinski definition) is 0. The SMILES string of the molecule is C=C(c1ccccc1-c1ccccc1C(=C)c1cccc2c1[nH]c1ccccc12)c1cccc2c1[nH]c1ccccc12. The highest BCUT2D eigenvalue weighted by atomic mass is 14.7. The van der Waals surface area contributed by atoms with Gasteiger partial charge >= 0.3 is 0 Å². The molecule has 0 unspecified atom stereocenters. The summed E-state index contributed by atoms with van der Waals surface area (Å²) in [5.74, 6) is 0. The average Bonchev–Trinajstić information content (AvgIpc) is 3.63. The number of aromatic nitrogens is 2. The van der Waals surface area contributed by atoms with Crippen LogP contribution in [0.25, 0.3) is 65.9 Å². The minimum atomic E-state index is 0.987. The summed E-state index contributed by atoms with van der Waals surface area (Å²) in [5.41, 5.74) is 13.2. The zero-order valence-corrected chi connectivity index (χ0v) is 23.1. The van der Waals surface area contributed by atoms with Crippen molar-refractivity contribution >= 4 is 54.8 Å². The maximum absolute atomic E-state index is 4.65. The number of H-pyrrole nitrogens is 2. The Morgan fingerprint density at radius 3 is 1.19 bits per heavy atom. The van der Waals surface area contributed by atoms with E-state index in [0.717, 1.165) is 66.6 Å². The Labute approximate surface area is 244 Å². The highest BCUT2D eigenvalue weighted by molar-refractivity contribution is 6.13. The van der Waals surface area contributed by atoms with Crippen LogP contribution in [0, 0.1) is 0 Å². The summed E-state index contributed by atoms with van der Waals surface area (Å²) < 4.78 is 0. The van der Waals surface area contributed by atoms with Crippen LogP contribution >= 0.6 is 0 Å². The van der Waals surface area contributed by atoms with Crippen molar-refractivity contribution in [1.29, 1.82) is 0 Å². The van der Waals surface area contributed by atoms with Gasteiger partial charge in [0.25, 0.3) is 0 Å². The highest BCUT2D eigenvalue weighted by Crippen LogP contribution is 2.41. The van der Waals surface area contributed by atoms with Crippen molar-refractivity contribution in [3.05, 3.63) is 169 Å². The van der Waals surface area contributed by atoms with Crippen molar-refractivity contribution in [3.63, 3.8) is 0 Å². The number of nitrogens with one attached hydrogen (secondary N) is 2. The topological polar surface area (TPSA) is 31.6 Å². The van der Waals surface area contributed by atoms with Crippen LogP contribution in [0.1, 0.15) is 22.3 Å². The summed E-state index contributed by atoms with van der Waals surface area (Å²) in [6, 6.07) is 47.0. The largest absolute Gasteiger partial charge is 0.354 e. The number of benzene rings is 6. The molecule has 0 fully saturated rings. The summed E-state index contributed by atoms with van der Waals surface area (Å²) in [7, 11) is 0.